The Morgan fingerprint density at radius 1 is 0.512 bits per heavy atom. The molecule has 3 aliphatic carbocycles. The third-order valence-corrected chi connectivity index (χ3v) is 9.22. The molecule has 236 valence electrons. The van der Waals surface area contributed by atoms with Gasteiger partial charge in [0.1, 0.15) is 12.2 Å². The Morgan fingerprint density at radius 3 is 1.17 bits per heavy atom. The lowest BCUT2D eigenvalue weighted by atomic mass is 9.99. The second kappa shape index (κ2) is 22.1. The van der Waals surface area contributed by atoms with Crippen LogP contribution in [0.3, 0.4) is 0 Å². The highest BCUT2D eigenvalue weighted by atomic mass is 16.7. The summed E-state index contributed by atoms with van der Waals surface area (Å²) in [7, 11) is 0. The van der Waals surface area contributed by atoms with Crippen LogP contribution in [0.25, 0.3) is 0 Å². The van der Waals surface area contributed by atoms with Crippen LogP contribution in [0.2, 0.25) is 0 Å². The predicted molar refractivity (Wildman–Crippen MR) is 167 cm³/mol. The lowest BCUT2D eigenvalue weighted by molar-refractivity contribution is -0.175. The van der Waals surface area contributed by atoms with Crippen molar-refractivity contribution < 1.29 is 23.7 Å². The zero-order valence-corrected chi connectivity index (χ0v) is 26.3. The summed E-state index contributed by atoms with van der Waals surface area (Å²) in [6, 6.07) is 0. The van der Waals surface area contributed by atoms with E-state index in [4.69, 9.17) is 18.9 Å². The van der Waals surface area contributed by atoms with Gasteiger partial charge in [-0.3, -0.25) is 0 Å². The summed E-state index contributed by atoms with van der Waals surface area (Å²) < 4.78 is 25.7. The van der Waals surface area contributed by atoms with Gasteiger partial charge in [-0.15, -0.1) is 0 Å². The molecule has 0 radical (unpaired) electrons. The van der Waals surface area contributed by atoms with Crippen LogP contribution in [0.1, 0.15) is 173 Å². The van der Waals surface area contributed by atoms with Gasteiger partial charge in [0.2, 0.25) is 6.29 Å². The molecule has 41 heavy (non-hydrogen) atoms. The maximum Gasteiger partial charge on any atom is 0.332 e. The third-order valence-electron chi connectivity index (χ3n) is 9.22. The molecule has 5 nitrogen and oxygen atoms in total. The van der Waals surface area contributed by atoms with Crippen LogP contribution in [0.15, 0.2) is 24.7 Å². The minimum absolute atomic E-state index is 0.0653. The maximum atomic E-state index is 12.4. The first kappa shape index (κ1) is 34.0. The summed E-state index contributed by atoms with van der Waals surface area (Å²) in [5.41, 5.74) is 0. The van der Waals surface area contributed by atoms with Gasteiger partial charge in [0.25, 0.3) is 5.95 Å². The summed E-state index contributed by atoms with van der Waals surface area (Å²) in [6.07, 6.45) is 35.3. The molecule has 0 N–H and O–H groups in total. The number of carbonyl (C=O) groups is 1. The van der Waals surface area contributed by atoms with Crippen molar-refractivity contribution in [2.24, 2.45) is 0 Å². The molecule has 3 aliphatic rings. The van der Waals surface area contributed by atoms with E-state index in [2.05, 4.69) is 6.58 Å². The second-order valence-electron chi connectivity index (χ2n) is 12.9. The number of carbonyl (C=O) groups excluding carboxylic acids is 1. The Labute approximate surface area is 252 Å². The molecule has 0 bridgehead atoms. The van der Waals surface area contributed by atoms with Crippen molar-refractivity contribution in [2.75, 3.05) is 0 Å². The standard InChI is InChI=1S/C36H62O5/c1-2-34(37)41-36(40-33-28-22-16-10-5-11-17-23-29-33)30-35(38-31-24-18-12-6-3-7-13-19-25-31)39-32-26-20-14-8-4-9-15-21-27-32/h2,30-33,36H,1,3-29H2. The van der Waals surface area contributed by atoms with Crippen molar-refractivity contribution >= 4 is 5.97 Å². The third kappa shape index (κ3) is 16.1. The van der Waals surface area contributed by atoms with Crippen LogP contribution in [0, 0.1) is 0 Å². The first-order valence-corrected chi connectivity index (χ1v) is 17.8. The summed E-state index contributed by atoms with van der Waals surface area (Å²) in [6.45, 7) is 3.64. The van der Waals surface area contributed by atoms with Crippen LogP contribution >= 0.6 is 0 Å². The molecule has 3 saturated carbocycles. The van der Waals surface area contributed by atoms with E-state index in [1.54, 1.807) is 0 Å². The molecule has 0 heterocycles. The molecule has 0 aromatic heterocycles. The van der Waals surface area contributed by atoms with Crippen molar-refractivity contribution in [3.8, 4) is 0 Å². The van der Waals surface area contributed by atoms with Gasteiger partial charge >= 0.3 is 5.97 Å². The van der Waals surface area contributed by atoms with Gasteiger partial charge in [-0.05, 0) is 64.2 Å². The Hall–Kier alpha value is -1.49. The van der Waals surface area contributed by atoms with Crippen molar-refractivity contribution in [2.45, 2.75) is 198 Å². The van der Waals surface area contributed by atoms with E-state index in [1.807, 2.05) is 6.08 Å². The fourth-order valence-corrected chi connectivity index (χ4v) is 6.69. The average Bonchev–Trinajstić information content (AvgIpc) is 2.98. The van der Waals surface area contributed by atoms with Gasteiger partial charge in [0.15, 0.2) is 0 Å². The predicted octanol–water partition coefficient (Wildman–Crippen LogP) is 10.6. The number of rotatable bonds is 9. The highest BCUT2D eigenvalue weighted by Crippen LogP contribution is 2.27. The normalized spacial score (nSPS) is 23.3. The molecule has 0 aromatic rings. The Bertz CT molecular complexity index is 659. The Balaban J connectivity index is 1.78. The maximum absolute atomic E-state index is 12.4. The largest absolute Gasteiger partial charge is 0.462 e. The monoisotopic (exact) mass is 574 g/mol. The zero-order valence-electron chi connectivity index (χ0n) is 26.3. The number of hydrogen-bond donors (Lipinski definition) is 0. The van der Waals surface area contributed by atoms with Crippen molar-refractivity contribution in [3.05, 3.63) is 24.7 Å². The van der Waals surface area contributed by atoms with E-state index in [0.717, 1.165) is 51.4 Å². The van der Waals surface area contributed by atoms with Gasteiger partial charge in [-0.25, -0.2) is 4.79 Å². The fraction of sp³-hybridized carbons (Fsp3) is 0.861. The molecule has 0 saturated heterocycles. The molecule has 0 aliphatic heterocycles. The smallest absolute Gasteiger partial charge is 0.332 e. The summed E-state index contributed by atoms with van der Waals surface area (Å²) in [4.78, 5) is 12.4. The molecule has 0 amide bonds. The lowest BCUT2D eigenvalue weighted by Crippen LogP contribution is -2.27. The van der Waals surface area contributed by atoms with E-state index >= 15 is 0 Å². The molecule has 5 heteroatoms. The van der Waals surface area contributed by atoms with E-state index in [9.17, 15) is 4.79 Å². The summed E-state index contributed by atoms with van der Waals surface area (Å²) in [5.74, 6) is 0.0405. The molecular formula is C36H62O5. The van der Waals surface area contributed by atoms with Crippen molar-refractivity contribution in [1.82, 2.24) is 0 Å². The van der Waals surface area contributed by atoms with E-state index in [1.165, 1.54) is 128 Å². The molecule has 1 atom stereocenters. The van der Waals surface area contributed by atoms with Gasteiger partial charge in [-0.1, -0.05) is 116 Å². The first-order chi connectivity index (χ1) is 20.2. The summed E-state index contributed by atoms with van der Waals surface area (Å²) in [5, 5.41) is 0. The van der Waals surface area contributed by atoms with Crippen LogP contribution in [0.4, 0.5) is 0 Å². The Kier molecular flexibility index (Phi) is 18.3. The summed E-state index contributed by atoms with van der Waals surface area (Å²) >= 11 is 0. The van der Waals surface area contributed by atoms with Crippen molar-refractivity contribution in [1.29, 1.82) is 0 Å². The quantitative estimate of drug-likeness (QED) is 0.119. The van der Waals surface area contributed by atoms with E-state index in [0.29, 0.717) is 5.95 Å². The SMILES string of the molecule is C=CC(=O)OC(C=C(OC1CCCCCCCCC1)OC1CCCCCCCCC1)OC1CCCCCCCCC1. The van der Waals surface area contributed by atoms with Crippen LogP contribution in [0.5, 0.6) is 0 Å². The van der Waals surface area contributed by atoms with E-state index in [-0.39, 0.29) is 18.3 Å². The first-order valence-electron chi connectivity index (χ1n) is 17.8. The van der Waals surface area contributed by atoms with Gasteiger partial charge in [0.05, 0.1) is 12.2 Å². The number of hydrogen-bond acceptors (Lipinski definition) is 5. The molecule has 0 spiro atoms. The molecule has 0 aromatic carbocycles. The highest BCUT2D eigenvalue weighted by molar-refractivity contribution is 5.81. The van der Waals surface area contributed by atoms with Crippen LogP contribution in [-0.2, 0) is 23.7 Å². The average molecular weight is 575 g/mol. The number of esters is 1. The lowest BCUT2D eigenvalue weighted by Gasteiger charge is -2.28. The fourth-order valence-electron chi connectivity index (χ4n) is 6.69. The molecular weight excluding hydrogens is 512 g/mol. The minimum atomic E-state index is -0.831. The highest BCUT2D eigenvalue weighted by Gasteiger charge is 2.24. The van der Waals surface area contributed by atoms with Gasteiger partial charge in [-0.2, -0.15) is 0 Å². The van der Waals surface area contributed by atoms with Gasteiger partial charge in [0, 0.05) is 6.08 Å². The van der Waals surface area contributed by atoms with Crippen LogP contribution in [-0.4, -0.2) is 30.6 Å². The molecule has 3 rings (SSSR count). The molecule has 3 fully saturated rings. The second-order valence-corrected chi connectivity index (χ2v) is 12.9. The zero-order chi connectivity index (χ0) is 28.8. The van der Waals surface area contributed by atoms with Gasteiger partial charge < -0.3 is 18.9 Å². The van der Waals surface area contributed by atoms with Crippen LogP contribution < -0.4 is 0 Å². The van der Waals surface area contributed by atoms with E-state index < -0.39 is 12.3 Å². The Morgan fingerprint density at radius 2 is 0.829 bits per heavy atom. The van der Waals surface area contributed by atoms with Crippen molar-refractivity contribution in [3.63, 3.8) is 0 Å². The number of ether oxygens (including phenoxy) is 4. The minimum Gasteiger partial charge on any atom is -0.462 e. The molecule has 1 unspecified atom stereocenters. The topological polar surface area (TPSA) is 54.0 Å².